The van der Waals surface area contributed by atoms with Gasteiger partial charge >= 0.3 is 186 Å². The van der Waals surface area contributed by atoms with Gasteiger partial charge in [-0.3, -0.25) is 0 Å². The molecule has 0 fully saturated rings. The normalized spacial score (nSPS) is 12.0. The maximum absolute atomic E-state index is 3.58. The summed E-state index contributed by atoms with van der Waals surface area (Å²) in [5, 5.41) is 24.2. The second kappa shape index (κ2) is 32.8. The third-order valence-electron chi connectivity index (χ3n) is 21.0. The van der Waals surface area contributed by atoms with Crippen LogP contribution in [0.2, 0.25) is 13.3 Å². The van der Waals surface area contributed by atoms with E-state index in [1.807, 2.05) is 3.58 Å². The van der Waals surface area contributed by atoms with E-state index in [0.29, 0.717) is 0 Å². The number of fused-ring (bicyclic) bond motifs is 3. The zero-order valence-electron chi connectivity index (χ0n) is 57.9. The van der Waals surface area contributed by atoms with Crippen molar-refractivity contribution in [3.05, 3.63) is 232 Å². The first-order valence-corrected chi connectivity index (χ1v) is 46.0. The molecule has 0 N–H and O–H groups in total. The molecule has 0 saturated carbocycles. The molecule has 0 atom stereocenters. The van der Waals surface area contributed by atoms with E-state index in [1.54, 1.807) is 13.3 Å². The summed E-state index contributed by atoms with van der Waals surface area (Å²) in [5.41, 5.74) is 9.58. The second-order valence-electron chi connectivity index (χ2n) is 28.0. The molecular weight excluding hydrogens is 1380 g/mol. The van der Waals surface area contributed by atoms with Crippen LogP contribution in [0.5, 0.6) is 0 Å². The minimum Gasteiger partial charge on any atom is -0.0654 e. The minimum absolute atomic E-state index is 1.13. The molecule has 0 aliphatic rings. The fraction of sp³-hybridized carbons (Fsp3) is 0.326. The number of hydrogen-bond acceptors (Lipinski definition) is 0. The summed E-state index contributed by atoms with van der Waals surface area (Å²) in [6.07, 6.45) is 27.9. The fourth-order valence-corrected chi connectivity index (χ4v) is 32.6. The van der Waals surface area contributed by atoms with E-state index in [2.05, 4.69) is 280 Å². The summed E-state index contributed by atoms with van der Waals surface area (Å²) in [6.45, 7) is 14.0. The number of benzene rings is 14. The Kier molecular flexibility index (Phi) is 23.7. The molecule has 14 aromatic carbocycles. The first-order chi connectivity index (χ1) is 46.6. The van der Waals surface area contributed by atoms with Crippen molar-refractivity contribution in [1.82, 2.24) is 0 Å². The SMILES string of the molecule is Brc1cc2ccc3cc(Br)cc4ccc(c1)c2c34.CCCCCCc1ccc2c[c]([Sn]([CH2]CCC)([CH2]CCC)[CH2]CCC)ccc2c1.CCCCCCc1ccc2cc(-c3cc4ccc5cc(-c6ccc7cc(CCCCCC)ccc7c6)cc6ccc(c3)c4c56)ccc2c1. The average molecular weight is 1480 g/mol. The van der Waals surface area contributed by atoms with E-state index < -0.39 is 18.4 Å². The van der Waals surface area contributed by atoms with Crippen LogP contribution in [-0.2, 0) is 19.3 Å². The van der Waals surface area contributed by atoms with Gasteiger partial charge < -0.3 is 0 Å². The van der Waals surface area contributed by atoms with Gasteiger partial charge in [0.25, 0.3) is 0 Å². The van der Waals surface area contributed by atoms with Crippen LogP contribution in [0.4, 0.5) is 0 Å². The summed E-state index contributed by atoms with van der Waals surface area (Å²) in [5.74, 6) is 0. The van der Waals surface area contributed by atoms with Crippen molar-refractivity contribution in [3.63, 3.8) is 0 Å². The van der Waals surface area contributed by atoms with Crippen LogP contribution >= 0.6 is 31.9 Å². The van der Waals surface area contributed by atoms with Gasteiger partial charge in [-0.1, -0.05) is 193 Å². The van der Waals surface area contributed by atoms with Gasteiger partial charge in [0.05, 0.1) is 0 Å². The maximum Gasteiger partial charge on any atom is -0.00264 e. The van der Waals surface area contributed by atoms with Crippen molar-refractivity contribution in [2.24, 2.45) is 0 Å². The van der Waals surface area contributed by atoms with Crippen molar-refractivity contribution in [3.8, 4) is 22.3 Å². The average Bonchev–Trinajstić information content (AvgIpc) is 0.770. The van der Waals surface area contributed by atoms with E-state index in [4.69, 9.17) is 0 Å². The maximum atomic E-state index is 3.58. The predicted molar refractivity (Wildman–Crippen MR) is 434 cm³/mol. The van der Waals surface area contributed by atoms with Gasteiger partial charge in [0.1, 0.15) is 0 Å². The third-order valence-corrected chi connectivity index (χ3v) is 37.5. The van der Waals surface area contributed by atoms with Crippen LogP contribution in [0.3, 0.4) is 0 Å². The van der Waals surface area contributed by atoms with Crippen molar-refractivity contribution in [1.29, 1.82) is 0 Å². The summed E-state index contributed by atoms with van der Waals surface area (Å²) in [6, 6.07) is 79.4. The molecule has 0 heterocycles. The first kappa shape index (κ1) is 68.6. The molecule has 14 rings (SSSR count). The number of rotatable bonds is 27. The Labute approximate surface area is 589 Å². The van der Waals surface area contributed by atoms with Gasteiger partial charge in [0, 0.05) is 8.95 Å². The molecule has 0 aliphatic heterocycles. The molecule has 0 spiro atoms. The van der Waals surface area contributed by atoms with Gasteiger partial charge in [0.2, 0.25) is 0 Å². The van der Waals surface area contributed by atoms with Gasteiger partial charge in [-0.2, -0.15) is 0 Å². The molecule has 0 nitrogen and oxygen atoms in total. The third kappa shape index (κ3) is 16.3. The number of hydrogen-bond donors (Lipinski definition) is 0. The smallest absolute Gasteiger partial charge is 0.00264 e. The molecule has 14 aromatic rings. The largest absolute Gasteiger partial charge is 0.0654 e. The molecular formula is C92H100Br2Sn. The molecule has 0 amide bonds. The molecule has 0 aliphatic carbocycles. The second-order valence-corrected chi connectivity index (χ2v) is 43.1. The fourth-order valence-electron chi connectivity index (χ4n) is 15.6. The minimum atomic E-state index is -2.31. The number of aryl methyl sites for hydroxylation is 3. The van der Waals surface area contributed by atoms with Crippen molar-refractivity contribution >= 4 is 151 Å². The van der Waals surface area contributed by atoms with Crippen LogP contribution in [0.25, 0.3) is 119 Å². The summed E-state index contributed by atoms with van der Waals surface area (Å²) >= 11 is 4.85. The summed E-state index contributed by atoms with van der Waals surface area (Å²) in [4.78, 5) is 0. The van der Waals surface area contributed by atoms with Gasteiger partial charge in [-0.15, -0.1) is 0 Å². The van der Waals surface area contributed by atoms with Crippen molar-refractivity contribution < 1.29 is 0 Å². The first-order valence-electron chi connectivity index (χ1n) is 36.9. The molecule has 0 unspecified atom stereocenters. The van der Waals surface area contributed by atoms with E-state index in [-0.39, 0.29) is 0 Å². The monoisotopic (exact) mass is 1480 g/mol. The predicted octanol–water partition coefficient (Wildman–Crippen LogP) is 29.6. The zero-order chi connectivity index (χ0) is 65.7. The number of halogens is 2. The number of unbranched alkanes of at least 4 members (excludes halogenated alkanes) is 12. The van der Waals surface area contributed by atoms with Gasteiger partial charge in [0.15, 0.2) is 0 Å². The Hall–Kier alpha value is -6.30. The van der Waals surface area contributed by atoms with Crippen LogP contribution in [0.15, 0.2) is 215 Å². The summed E-state index contributed by atoms with van der Waals surface area (Å²) in [7, 11) is 0. The molecule has 486 valence electrons. The van der Waals surface area contributed by atoms with Crippen LogP contribution in [0, 0.1) is 0 Å². The Morgan fingerprint density at radius 2 is 0.474 bits per heavy atom. The van der Waals surface area contributed by atoms with Crippen LogP contribution in [-0.4, -0.2) is 18.4 Å². The van der Waals surface area contributed by atoms with Gasteiger partial charge in [-0.25, -0.2) is 0 Å². The van der Waals surface area contributed by atoms with Crippen LogP contribution < -0.4 is 3.58 Å². The Balaban J connectivity index is 0.000000155. The van der Waals surface area contributed by atoms with E-state index in [0.717, 1.165) is 8.95 Å². The quantitative estimate of drug-likeness (QED) is 0.0273. The van der Waals surface area contributed by atoms with E-state index in [1.165, 1.54) is 271 Å². The topological polar surface area (TPSA) is 0 Å². The van der Waals surface area contributed by atoms with Crippen molar-refractivity contribution in [2.45, 2.75) is 190 Å². The van der Waals surface area contributed by atoms with E-state index >= 15 is 0 Å². The molecule has 0 radical (unpaired) electrons. The molecule has 95 heavy (non-hydrogen) atoms. The Bertz CT molecular complexity index is 4460. The van der Waals surface area contributed by atoms with Crippen molar-refractivity contribution in [2.75, 3.05) is 0 Å². The Morgan fingerprint density at radius 3 is 0.789 bits per heavy atom. The zero-order valence-corrected chi connectivity index (χ0v) is 63.9. The Morgan fingerprint density at radius 1 is 0.221 bits per heavy atom. The summed E-state index contributed by atoms with van der Waals surface area (Å²) < 4.78 is 8.77. The standard InChI is InChI=1S/C48H46.C16H8Br2.C16H19.3C4H9.Sn/c1-3-5-7-9-11-33-13-15-37-27-39(19-17-35(37)25-33)45-29-41-21-23-43-31-46(32-44-24-22-42(30-45)47(41)48(43)44)40-20-18-36-26-34(12-10-8-6-4-2)14-16-38(36)28-40;17-13-5-9-1-2-10-6-14(18)8-12-4-3-11(7-13)15(9)16(10)12;1-2-3-4-5-8-14-11-12-15-9-6-7-10-16(15)13-14;3*1-3-4-2;/h13-32H,3-12H2,1-2H3;1-8H;7,9-13H,2-5,8H2,1H3;3*1,3-4H2,2H3;. The van der Waals surface area contributed by atoms with E-state index in [9.17, 15) is 0 Å². The van der Waals surface area contributed by atoms with Gasteiger partial charge in [-0.05, 0) is 206 Å². The molecule has 3 heteroatoms. The molecule has 0 saturated heterocycles. The van der Waals surface area contributed by atoms with Crippen LogP contribution in [0.1, 0.15) is 174 Å². The molecule has 0 bridgehead atoms. The molecule has 0 aromatic heterocycles.